The molecule has 1 fully saturated rings. The number of piperidine rings is 1. The molecule has 0 radical (unpaired) electrons. The Balaban J connectivity index is 1.44. The standard InChI is InChI=1S/C17H21N5O2S2/c1-12-5-3-4-6-15(12)11-26(23,24)21-9-7-14(8-10-21)16-20-22-13(2)18-19-17(22)25-16/h3-6,14H,7-11H2,1-2H3. The van der Waals surface area contributed by atoms with Gasteiger partial charge in [-0.3, -0.25) is 0 Å². The molecule has 0 saturated carbocycles. The number of hydrogen-bond donors (Lipinski definition) is 0. The highest BCUT2D eigenvalue weighted by atomic mass is 32.2. The molecule has 3 heterocycles. The maximum Gasteiger partial charge on any atom is 0.234 e. The second kappa shape index (κ2) is 6.71. The normalized spacial score (nSPS) is 17.2. The van der Waals surface area contributed by atoms with Crippen molar-refractivity contribution in [3.63, 3.8) is 0 Å². The van der Waals surface area contributed by atoms with Gasteiger partial charge in [-0.25, -0.2) is 12.7 Å². The molecule has 1 aliphatic rings. The highest BCUT2D eigenvalue weighted by Crippen LogP contribution is 2.32. The van der Waals surface area contributed by atoms with Gasteiger partial charge >= 0.3 is 0 Å². The molecule has 0 amide bonds. The predicted octanol–water partition coefficient (Wildman–Crippen LogP) is 2.51. The molecule has 0 aliphatic carbocycles. The molecule has 1 saturated heterocycles. The molecule has 7 nitrogen and oxygen atoms in total. The summed E-state index contributed by atoms with van der Waals surface area (Å²) in [4.78, 5) is 0.798. The zero-order chi connectivity index (χ0) is 18.3. The molecular weight excluding hydrogens is 370 g/mol. The van der Waals surface area contributed by atoms with Crippen molar-refractivity contribution in [1.82, 2.24) is 24.1 Å². The first-order valence-electron chi connectivity index (χ1n) is 8.65. The predicted molar refractivity (Wildman–Crippen MR) is 101 cm³/mol. The van der Waals surface area contributed by atoms with Crippen LogP contribution in [-0.4, -0.2) is 45.6 Å². The summed E-state index contributed by atoms with van der Waals surface area (Å²) in [6, 6.07) is 7.66. The molecule has 138 valence electrons. The molecule has 9 heteroatoms. The van der Waals surface area contributed by atoms with Crippen LogP contribution in [0.1, 0.15) is 40.7 Å². The Kier molecular flexibility index (Phi) is 4.54. The van der Waals surface area contributed by atoms with Gasteiger partial charge < -0.3 is 0 Å². The molecule has 0 atom stereocenters. The number of rotatable bonds is 4. The van der Waals surface area contributed by atoms with Gasteiger partial charge in [-0.05, 0) is 37.8 Å². The van der Waals surface area contributed by atoms with E-state index in [1.807, 2.05) is 38.1 Å². The fourth-order valence-corrected chi connectivity index (χ4v) is 6.05. The van der Waals surface area contributed by atoms with Crippen LogP contribution in [0.4, 0.5) is 0 Å². The second-order valence-corrected chi connectivity index (χ2v) is 9.69. The zero-order valence-electron chi connectivity index (χ0n) is 14.8. The van der Waals surface area contributed by atoms with E-state index in [0.29, 0.717) is 13.1 Å². The van der Waals surface area contributed by atoms with Gasteiger partial charge in [0.25, 0.3) is 0 Å². The number of sulfonamides is 1. The highest BCUT2D eigenvalue weighted by Gasteiger charge is 2.30. The van der Waals surface area contributed by atoms with Crippen LogP contribution < -0.4 is 0 Å². The monoisotopic (exact) mass is 391 g/mol. The Labute approximate surface area is 156 Å². The van der Waals surface area contributed by atoms with Crippen molar-refractivity contribution in [3.05, 3.63) is 46.2 Å². The Morgan fingerprint density at radius 1 is 1.15 bits per heavy atom. The number of hydrogen-bond acceptors (Lipinski definition) is 6. The summed E-state index contributed by atoms with van der Waals surface area (Å²) >= 11 is 1.55. The van der Waals surface area contributed by atoms with Gasteiger partial charge in [-0.1, -0.05) is 35.6 Å². The zero-order valence-corrected chi connectivity index (χ0v) is 16.4. The first kappa shape index (κ1) is 17.6. The maximum absolute atomic E-state index is 12.8. The fourth-order valence-electron chi connectivity index (χ4n) is 3.34. The average molecular weight is 392 g/mol. The minimum absolute atomic E-state index is 0.0697. The van der Waals surface area contributed by atoms with Crippen LogP contribution >= 0.6 is 11.3 Å². The first-order valence-corrected chi connectivity index (χ1v) is 11.1. The lowest BCUT2D eigenvalue weighted by Crippen LogP contribution is -2.38. The number of aryl methyl sites for hydroxylation is 2. The van der Waals surface area contributed by atoms with E-state index >= 15 is 0 Å². The van der Waals surface area contributed by atoms with Gasteiger partial charge in [-0.15, -0.1) is 10.2 Å². The van der Waals surface area contributed by atoms with Gasteiger partial charge in [0.2, 0.25) is 15.0 Å². The molecular formula is C17H21N5O2S2. The first-order chi connectivity index (χ1) is 12.4. The van der Waals surface area contributed by atoms with Gasteiger partial charge in [0.05, 0.1) is 5.75 Å². The van der Waals surface area contributed by atoms with Gasteiger partial charge in [0, 0.05) is 19.0 Å². The smallest absolute Gasteiger partial charge is 0.212 e. The molecule has 26 heavy (non-hydrogen) atoms. The number of benzene rings is 1. The van der Waals surface area contributed by atoms with Crippen molar-refractivity contribution >= 4 is 26.3 Å². The van der Waals surface area contributed by atoms with E-state index in [-0.39, 0.29) is 11.7 Å². The number of aromatic nitrogens is 4. The quantitative estimate of drug-likeness (QED) is 0.683. The number of fused-ring (bicyclic) bond motifs is 1. The summed E-state index contributed by atoms with van der Waals surface area (Å²) in [5, 5.41) is 13.7. The molecule has 4 rings (SSSR count). The van der Waals surface area contributed by atoms with E-state index in [0.717, 1.165) is 39.8 Å². The second-order valence-electron chi connectivity index (χ2n) is 6.74. The van der Waals surface area contributed by atoms with Crippen LogP contribution in [0.2, 0.25) is 0 Å². The largest absolute Gasteiger partial charge is 0.234 e. The summed E-state index contributed by atoms with van der Waals surface area (Å²) in [6.45, 7) is 4.91. The third-order valence-corrected chi connectivity index (χ3v) is 7.85. The SMILES string of the molecule is Cc1ccccc1CS(=O)(=O)N1CCC(c2nn3c(C)nnc3s2)CC1. The molecule has 3 aromatic rings. The molecule has 1 aromatic carbocycles. The van der Waals surface area contributed by atoms with Gasteiger partial charge in [0.15, 0.2) is 5.82 Å². The van der Waals surface area contributed by atoms with Gasteiger partial charge in [-0.2, -0.15) is 9.61 Å². The van der Waals surface area contributed by atoms with Crippen LogP contribution in [0.5, 0.6) is 0 Å². The highest BCUT2D eigenvalue weighted by molar-refractivity contribution is 7.88. The molecule has 2 aromatic heterocycles. The van der Waals surface area contributed by atoms with Crippen LogP contribution in [0, 0.1) is 13.8 Å². The van der Waals surface area contributed by atoms with Crippen LogP contribution in [0.3, 0.4) is 0 Å². The lowest BCUT2D eigenvalue weighted by molar-refractivity contribution is 0.318. The minimum atomic E-state index is -3.30. The van der Waals surface area contributed by atoms with Crippen molar-refractivity contribution in [1.29, 1.82) is 0 Å². The Morgan fingerprint density at radius 3 is 2.58 bits per heavy atom. The minimum Gasteiger partial charge on any atom is -0.212 e. The third-order valence-electron chi connectivity index (χ3n) is 4.96. The molecule has 1 aliphatic heterocycles. The molecule has 0 spiro atoms. The van der Waals surface area contributed by atoms with Crippen molar-refractivity contribution in [3.8, 4) is 0 Å². The van der Waals surface area contributed by atoms with Crippen molar-refractivity contribution < 1.29 is 8.42 Å². The van der Waals surface area contributed by atoms with Crippen molar-refractivity contribution in [2.75, 3.05) is 13.1 Å². The summed E-state index contributed by atoms with van der Waals surface area (Å²) in [6.07, 6.45) is 1.58. The fraction of sp³-hybridized carbons (Fsp3) is 0.471. The van der Waals surface area contributed by atoms with Crippen molar-refractivity contribution in [2.45, 2.75) is 38.4 Å². The molecule has 0 bridgehead atoms. The van der Waals surface area contributed by atoms with E-state index in [1.165, 1.54) is 0 Å². The lowest BCUT2D eigenvalue weighted by Gasteiger charge is -2.30. The van der Waals surface area contributed by atoms with Crippen LogP contribution in [0.15, 0.2) is 24.3 Å². The van der Waals surface area contributed by atoms with Crippen LogP contribution in [0.25, 0.3) is 4.96 Å². The van der Waals surface area contributed by atoms with Crippen molar-refractivity contribution in [2.24, 2.45) is 0 Å². The Hall–Kier alpha value is -1.84. The Bertz CT molecular complexity index is 1030. The summed E-state index contributed by atoms with van der Waals surface area (Å²) in [5.74, 6) is 1.13. The average Bonchev–Trinajstić information content (AvgIpc) is 3.19. The van der Waals surface area contributed by atoms with Crippen LogP contribution in [-0.2, 0) is 15.8 Å². The maximum atomic E-state index is 12.8. The third kappa shape index (κ3) is 3.26. The summed E-state index contributed by atoms with van der Waals surface area (Å²) in [5.41, 5.74) is 1.89. The van der Waals surface area contributed by atoms with E-state index in [4.69, 9.17) is 0 Å². The summed E-state index contributed by atoms with van der Waals surface area (Å²) in [7, 11) is -3.30. The van der Waals surface area contributed by atoms with E-state index < -0.39 is 10.0 Å². The molecule has 0 unspecified atom stereocenters. The van der Waals surface area contributed by atoms with E-state index in [2.05, 4.69) is 15.3 Å². The molecule has 0 N–H and O–H groups in total. The van der Waals surface area contributed by atoms with Gasteiger partial charge in [0.1, 0.15) is 5.01 Å². The number of nitrogens with zero attached hydrogens (tertiary/aromatic N) is 5. The van der Waals surface area contributed by atoms with E-state index in [1.54, 1.807) is 20.2 Å². The Morgan fingerprint density at radius 2 is 1.88 bits per heavy atom. The topological polar surface area (TPSA) is 80.5 Å². The summed E-state index contributed by atoms with van der Waals surface area (Å²) < 4.78 is 29.0. The van der Waals surface area contributed by atoms with E-state index in [9.17, 15) is 8.42 Å². The lowest BCUT2D eigenvalue weighted by atomic mass is 9.99.